The van der Waals surface area contributed by atoms with E-state index in [9.17, 15) is 9.59 Å². The van der Waals surface area contributed by atoms with Gasteiger partial charge in [0.05, 0.1) is 6.54 Å². The highest BCUT2D eigenvalue weighted by atomic mass is 16.2. The number of rotatable bonds is 5. The average molecular weight is 255 g/mol. The molecule has 0 radical (unpaired) electrons. The predicted octanol–water partition coefficient (Wildman–Crippen LogP) is 0.346. The van der Waals surface area contributed by atoms with Crippen LogP contribution in [-0.4, -0.2) is 43.9 Å². The van der Waals surface area contributed by atoms with E-state index >= 15 is 0 Å². The maximum atomic E-state index is 11.7. The van der Waals surface area contributed by atoms with Crippen molar-refractivity contribution in [3.63, 3.8) is 0 Å². The van der Waals surface area contributed by atoms with Crippen molar-refractivity contribution >= 4 is 11.8 Å². The molecule has 3 N–H and O–H groups in total. The van der Waals surface area contributed by atoms with Gasteiger partial charge in [-0.15, -0.1) is 0 Å². The van der Waals surface area contributed by atoms with Crippen molar-refractivity contribution in [1.82, 2.24) is 10.2 Å². The monoisotopic (exact) mass is 255 g/mol. The van der Waals surface area contributed by atoms with Gasteiger partial charge >= 0.3 is 0 Å². The fourth-order valence-electron chi connectivity index (χ4n) is 2.34. The molecule has 0 atom stereocenters. The van der Waals surface area contributed by atoms with Crippen LogP contribution in [0.3, 0.4) is 0 Å². The van der Waals surface area contributed by atoms with Gasteiger partial charge in [-0.3, -0.25) is 9.59 Å². The zero-order chi connectivity index (χ0) is 13.5. The molecular formula is C13H25N3O2. The van der Waals surface area contributed by atoms with E-state index in [-0.39, 0.29) is 18.4 Å². The van der Waals surface area contributed by atoms with Gasteiger partial charge in [0.25, 0.3) is 0 Å². The van der Waals surface area contributed by atoms with Crippen LogP contribution in [0, 0.1) is 11.8 Å². The molecular weight excluding hydrogens is 230 g/mol. The predicted molar refractivity (Wildman–Crippen MR) is 70.8 cm³/mol. The third-order valence-electron chi connectivity index (χ3n) is 3.71. The maximum absolute atomic E-state index is 11.7. The lowest BCUT2D eigenvalue weighted by molar-refractivity contribution is -0.131. The standard InChI is InChI=1S/C13H25N3O2/c1-16(2)13(18)9-15-12(17)7-10-3-5-11(8-14)6-4-10/h10-11H,3-9,14H2,1-2H3,(H,15,17). The molecule has 0 aliphatic heterocycles. The van der Waals surface area contributed by atoms with E-state index in [0.29, 0.717) is 18.3 Å². The minimum Gasteiger partial charge on any atom is -0.347 e. The Kier molecular flexibility index (Phi) is 6.12. The molecule has 0 spiro atoms. The van der Waals surface area contributed by atoms with Gasteiger partial charge in [0, 0.05) is 20.5 Å². The van der Waals surface area contributed by atoms with E-state index < -0.39 is 0 Å². The first-order valence-electron chi connectivity index (χ1n) is 6.69. The highest BCUT2D eigenvalue weighted by molar-refractivity contribution is 5.84. The average Bonchev–Trinajstić information content (AvgIpc) is 2.36. The molecule has 1 aliphatic carbocycles. The molecule has 1 aliphatic rings. The Morgan fingerprint density at radius 2 is 1.72 bits per heavy atom. The van der Waals surface area contributed by atoms with Crippen LogP contribution in [0.5, 0.6) is 0 Å². The quantitative estimate of drug-likeness (QED) is 0.744. The van der Waals surface area contributed by atoms with Gasteiger partial charge in [-0.1, -0.05) is 0 Å². The zero-order valence-electron chi connectivity index (χ0n) is 11.4. The Morgan fingerprint density at radius 3 is 2.22 bits per heavy atom. The number of nitrogens with one attached hydrogen (secondary N) is 1. The molecule has 0 saturated heterocycles. The minimum absolute atomic E-state index is 0.0126. The first-order valence-corrected chi connectivity index (χ1v) is 6.69. The molecule has 0 bridgehead atoms. The molecule has 1 fully saturated rings. The Hall–Kier alpha value is -1.10. The van der Waals surface area contributed by atoms with Crippen molar-refractivity contribution < 1.29 is 9.59 Å². The fourth-order valence-corrected chi connectivity index (χ4v) is 2.34. The Balaban J connectivity index is 2.19. The number of amides is 2. The summed E-state index contributed by atoms with van der Waals surface area (Å²) in [6, 6.07) is 0. The molecule has 0 aromatic rings. The van der Waals surface area contributed by atoms with Crippen molar-refractivity contribution in [3.8, 4) is 0 Å². The smallest absolute Gasteiger partial charge is 0.241 e. The number of carbonyl (C=O) groups excluding carboxylic acids is 2. The number of nitrogens with two attached hydrogens (primary N) is 1. The van der Waals surface area contributed by atoms with Crippen LogP contribution in [0.25, 0.3) is 0 Å². The number of nitrogens with zero attached hydrogens (tertiary/aromatic N) is 1. The lowest BCUT2D eigenvalue weighted by Gasteiger charge is -2.27. The van der Waals surface area contributed by atoms with E-state index in [1.807, 2.05) is 0 Å². The molecule has 0 aromatic carbocycles. The summed E-state index contributed by atoms with van der Waals surface area (Å²) in [6.45, 7) is 0.861. The zero-order valence-corrected chi connectivity index (χ0v) is 11.4. The topological polar surface area (TPSA) is 75.4 Å². The molecule has 1 saturated carbocycles. The molecule has 0 aromatic heterocycles. The lowest BCUT2D eigenvalue weighted by Crippen LogP contribution is -2.37. The second kappa shape index (κ2) is 7.36. The van der Waals surface area contributed by atoms with Gasteiger partial charge in [-0.2, -0.15) is 0 Å². The Labute approximate surface area is 109 Å². The molecule has 0 unspecified atom stereocenters. The van der Waals surface area contributed by atoms with E-state index in [1.54, 1.807) is 14.1 Å². The number of likely N-dealkylation sites (N-methyl/N-ethyl adjacent to an activating group) is 1. The summed E-state index contributed by atoms with van der Waals surface area (Å²) < 4.78 is 0. The molecule has 1 rings (SSSR count). The van der Waals surface area contributed by atoms with E-state index in [2.05, 4.69) is 5.32 Å². The van der Waals surface area contributed by atoms with Gasteiger partial charge in [0.2, 0.25) is 11.8 Å². The summed E-state index contributed by atoms with van der Waals surface area (Å²) in [6.07, 6.45) is 4.96. The van der Waals surface area contributed by atoms with Crippen LogP contribution in [0.15, 0.2) is 0 Å². The van der Waals surface area contributed by atoms with E-state index in [1.165, 1.54) is 4.90 Å². The van der Waals surface area contributed by atoms with Crippen molar-refractivity contribution in [2.45, 2.75) is 32.1 Å². The van der Waals surface area contributed by atoms with Gasteiger partial charge in [-0.05, 0) is 44.1 Å². The van der Waals surface area contributed by atoms with E-state index in [4.69, 9.17) is 5.73 Å². The van der Waals surface area contributed by atoms with Crippen LogP contribution >= 0.6 is 0 Å². The van der Waals surface area contributed by atoms with Gasteiger partial charge in [0.15, 0.2) is 0 Å². The van der Waals surface area contributed by atoms with Crippen LogP contribution in [0.1, 0.15) is 32.1 Å². The third-order valence-corrected chi connectivity index (χ3v) is 3.71. The molecule has 2 amide bonds. The molecule has 104 valence electrons. The number of hydrogen-bond donors (Lipinski definition) is 2. The number of hydrogen-bond acceptors (Lipinski definition) is 3. The second-order valence-electron chi connectivity index (χ2n) is 5.39. The third kappa shape index (κ3) is 5.04. The molecule has 0 heterocycles. The first kappa shape index (κ1) is 15.0. The van der Waals surface area contributed by atoms with E-state index in [0.717, 1.165) is 32.2 Å². The highest BCUT2D eigenvalue weighted by Crippen LogP contribution is 2.29. The van der Waals surface area contributed by atoms with Crippen LogP contribution in [0.4, 0.5) is 0 Å². The van der Waals surface area contributed by atoms with Gasteiger partial charge in [0.1, 0.15) is 0 Å². The van der Waals surface area contributed by atoms with Crippen LogP contribution in [0.2, 0.25) is 0 Å². The SMILES string of the molecule is CN(C)C(=O)CNC(=O)CC1CCC(CN)CC1. The summed E-state index contributed by atoms with van der Waals surface area (Å²) >= 11 is 0. The minimum atomic E-state index is -0.0739. The van der Waals surface area contributed by atoms with Crippen molar-refractivity contribution in [2.24, 2.45) is 17.6 Å². The first-order chi connectivity index (χ1) is 8.52. The Morgan fingerprint density at radius 1 is 1.17 bits per heavy atom. The second-order valence-corrected chi connectivity index (χ2v) is 5.39. The molecule has 18 heavy (non-hydrogen) atoms. The van der Waals surface area contributed by atoms with Gasteiger partial charge < -0.3 is 16.0 Å². The summed E-state index contributed by atoms with van der Waals surface area (Å²) in [5.41, 5.74) is 5.64. The fraction of sp³-hybridized carbons (Fsp3) is 0.846. The summed E-state index contributed by atoms with van der Waals surface area (Å²) in [5.74, 6) is 1.01. The summed E-state index contributed by atoms with van der Waals surface area (Å²) in [7, 11) is 3.37. The van der Waals surface area contributed by atoms with Crippen LogP contribution < -0.4 is 11.1 Å². The highest BCUT2D eigenvalue weighted by Gasteiger charge is 2.22. The lowest BCUT2D eigenvalue weighted by atomic mass is 9.80. The van der Waals surface area contributed by atoms with Gasteiger partial charge in [-0.25, -0.2) is 0 Å². The summed E-state index contributed by atoms with van der Waals surface area (Å²) in [4.78, 5) is 24.5. The van der Waals surface area contributed by atoms with Crippen LogP contribution in [-0.2, 0) is 9.59 Å². The normalized spacial score (nSPS) is 23.5. The van der Waals surface area contributed by atoms with Crippen molar-refractivity contribution in [1.29, 1.82) is 0 Å². The summed E-state index contributed by atoms with van der Waals surface area (Å²) in [5, 5.41) is 2.68. The molecule has 5 nitrogen and oxygen atoms in total. The largest absolute Gasteiger partial charge is 0.347 e. The molecule has 5 heteroatoms. The van der Waals surface area contributed by atoms with Crippen molar-refractivity contribution in [2.75, 3.05) is 27.2 Å². The Bertz CT molecular complexity index is 284. The number of carbonyl (C=O) groups is 2. The van der Waals surface area contributed by atoms with Crippen molar-refractivity contribution in [3.05, 3.63) is 0 Å². The maximum Gasteiger partial charge on any atom is 0.241 e.